The molecule has 0 N–H and O–H groups in total. The highest BCUT2D eigenvalue weighted by atomic mass is 35.5. The molecule has 2 fully saturated rings. The van der Waals surface area contributed by atoms with Gasteiger partial charge in [0.15, 0.2) is 0 Å². The Morgan fingerprint density at radius 1 is 0.885 bits per heavy atom. The highest BCUT2D eigenvalue weighted by molar-refractivity contribution is 6.30. The van der Waals surface area contributed by atoms with Gasteiger partial charge in [-0.25, -0.2) is 0 Å². The Bertz CT molecular complexity index is 663. The van der Waals surface area contributed by atoms with Gasteiger partial charge in [0.25, 0.3) is 0 Å². The van der Waals surface area contributed by atoms with E-state index in [9.17, 15) is 9.59 Å². The number of hydrogen-bond donors (Lipinski definition) is 0. The highest BCUT2D eigenvalue weighted by Crippen LogP contribution is 2.26. The summed E-state index contributed by atoms with van der Waals surface area (Å²) < 4.78 is 0. The normalized spacial score (nSPS) is 18.8. The summed E-state index contributed by atoms with van der Waals surface area (Å²) in [6.07, 6.45) is 3.24. The largest absolute Gasteiger partial charge is 0.368 e. The first-order valence-corrected chi connectivity index (χ1v) is 9.86. The second-order valence-electron chi connectivity index (χ2n) is 7.74. The summed E-state index contributed by atoms with van der Waals surface area (Å²) in [5.41, 5.74) is 0.0866. The molecule has 3 rings (SSSR count). The lowest BCUT2D eigenvalue weighted by molar-refractivity contribution is -0.154. The topological polar surface area (TPSA) is 43.9 Å². The lowest BCUT2D eigenvalue weighted by Gasteiger charge is -2.40. The van der Waals surface area contributed by atoms with Crippen LogP contribution in [-0.2, 0) is 9.59 Å². The molecule has 0 saturated carbocycles. The standard InChI is InChI=1S/C20H28ClN3O2/c1-20(2,18(25)23-9-4-3-5-10-23)19(26)24-13-11-22(12-14-24)17-8-6-7-16(21)15-17/h6-8,15H,3-5,9-14H2,1-2H3. The zero-order valence-electron chi connectivity index (χ0n) is 15.7. The lowest BCUT2D eigenvalue weighted by atomic mass is 9.88. The van der Waals surface area contributed by atoms with Crippen molar-refractivity contribution in [3.63, 3.8) is 0 Å². The van der Waals surface area contributed by atoms with Crippen molar-refractivity contribution in [2.24, 2.45) is 5.41 Å². The number of likely N-dealkylation sites (tertiary alicyclic amines) is 1. The Labute approximate surface area is 160 Å². The van der Waals surface area contributed by atoms with E-state index in [-0.39, 0.29) is 11.8 Å². The molecule has 0 radical (unpaired) electrons. The molecule has 2 heterocycles. The van der Waals surface area contributed by atoms with Gasteiger partial charge in [-0.1, -0.05) is 17.7 Å². The number of anilines is 1. The van der Waals surface area contributed by atoms with Crippen LogP contribution in [0.25, 0.3) is 0 Å². The molecule has 0 bridgehead atoms. The number of amides is 2. The predicted octanol–water partition coefficient (Wildman–Crippen LogP) is 3.03. The van der Waals surface area contributed by atoms with Crippen molar-refractivity contribution in [2.75, 3.05) is 44.2 Å². The number of piperidine rings is 1. The molecule has 142 valence electrons. The molecule has 2 aliphatic heterocycles. The van der Waals surface area contributed by atoms with E-state index in [4.69, 9.17) is 11.6 Å². The predicted molar refractivity (Wildman–Crippen MR) is 104 cm³/mol. The molecule has 2 aliphatic rings. The van der Waals surface area contributed by atoms with Crippen molar-refractivity contribution < 1.29 is 9.59 Å². The highest BCUT2D eigenvalue weighted by Gasteiger charge is 2.42. The molecule has 1 aromatic rings. The van der Waals surface area contributed by atoms with Crippen LogP contribution in [0.2, 0.25) is 5.02 Å². The Morgan fingerprint density at radius 2 is 1.46 bits per heavy atom. The van der Waals surface area contributed by atoms with Gasteiger partial charge in [-0.3, -0.25) is 9.59 Å². The molecular formula is C20H28ClN3O2. The molecular weight excluding hydrogens is 350 g/mol. The van der Waals surface area contributed by atoms with Gasteiger partial charge < -0.3 is 14.7 Å². The number of benzene rings is 1. The quantitative estimate of drug-likeness (QED) is 0.760. The summed E-state index contributed by atoms with van der Waals surface area (Å²) in [5.74, 6) is -0.0849. The first kappa shape index (κ1) is 19.0. The van der Waals surface area contributed by atoms with E-state index in [0.29, 0.717) is 18.1 Å². The van der Waals surface area contributed by atoms with Crippen molar-refractivity contribution in [1.82, 2.24) is 9.80 Å². The van der Waals surface area contributed by atoms with Gasteiger partial charge in [-0.05, 0) is 51.3 Å². The summed E-state index contributed by atoms with van der Waals surface area (Å²) in [6, 6.07) is 7.78. The maximum absolute atomic E-state index is 13.0. The SMILES string of the molecule is CC(C)(C(=O)N1CCCCC1)C(=O)N1CCN(c2cccc(Cl)c2)CC1. The van der Waals surface area contributed by atoms with E-state index in [1.165, 1.54) is 6.42 Å². The van der Waals surface area contributed by atoms with Crippen molar-refractivity contribution in [2.45, 2.75) is 33.1 Å². The van der Waals surface area contributed by atoms with Crippen LogP contribution in [0.15, 0.2) is 24.3 Å². The molecule has 5 nitrogen and oxygen atoms in total. The summed E-state index contributed by atoms with van der Waals surface area (Å²) in [6.45, 7) is 7.85. The Morgan fingerprint density at radius 3 is 2.04 bits per heavy atom. The fourth-order valence-electron chi connectivity index (χ4n) is 3.82. The number of halogens is 1. The fourth-order valence-corrected chi connectivity index (χ4v) is 4.00. The first-order valence-electron chi connectivity index (χ1n) is 9.49. The van der Waals surface area contributed by atoms with E-state index >= 15 is 0 Å². The summed E-state index contributed by atoms with van der Waals surface area (Å²) >= 11 is 6.08. The molecule has 0 aromatic heterocycles. The van der Waals surface area contributed by atoms with Crippen molar-refractivity contribution in [3.8, 4) is 0 Å². The van der Waals surface area contributed by atoms with Gasteiger partial charge in [-0.2, -0.15) is 0 Å². The van der Waals surface area contributed by atoms with Crippen LogP contribution in [-0.4, -0.2) is 60.9 Å². The Kier molecular flexibility index (Phi) is 5.76. The molecule has 0 spiro atoms. The Balaban J connectivity index is 1.61. The van der Waals surface area contributed by atoms with Gasteiger partial charge in [0.1, 0.15) is 5.41 Å². The van der Waals surface area contributed by atoms with Crippen molar-refractivity contribution in [3.05, 3.63) is 29.3 Å². The minimum Gasteiger partial charge on any atom is -0.368 e. The van der Waals surface area contributed by atoms with Gasteiger partial charge in [0.05, 0.1) is 0 Å². The fraction of sp³-hybridized carbons (Fsp3) is 0.600. The molecule has 0 atom stereocenters. The summed E-state index contributed by atoms with van der Waals surface area (Å²) in [4.78, 5) is 31.9. The second kappa shape index (κ2) is 7.87. The number of carbonyl (C=O) groups excluding carboxylic acids is 2. The van der Waals surface area contributed by atoms with Crippen molar-refractivity contribution in [1.29, 1.82) is 0 Å². The number of nitrogens with zero attached hydrogens (tertiary/aromatic N) is 3. The van der Waals surface area contributed by atoms with Crippen LogP contribution < -0.4 is 4.90 Å². The van der Waals surface area contributed by atoms with Crippen LogP contribution >= 0.6 is 11.6 Å². The third-order valence-electron chi connectivity index (χ3n) is 5.45. The molecule has 2 amide bonds. The maximum Gasteiger partial charge on any atom is 0.237 e. The number of rotatable bonds is 3. The maximum atomic E-state index is 13.0. The van der Waals surface area contributed by atoms with Crippen LogP contribution in [0.5, 0.6) is 0 Å². The minimum absolute atomic E-state index is 0.0283. The smallest absolute Gasteiger partial charge is 0.237 e. The second-order valence-corrected chi connectivity index (χ2v) is 8.17. The van der Waals surface area contributed by atoms with E-state index in [2.05, 4.69) is 4.90 Å². The molecule has 0 unspecified atom stereocenters. The first-order chi connectivity index (χ1) is 12.4. The number of hydrogen-bond acceptors (Lipinski definition) is 3. The van der Waals surface area contributed by atoms with E-state index in [0.717, 1.165) is 44.7 Å². The molecule has 26 heavy (non-hydrogen) atoms. The summed E-state index contributed by atoms with van der Waals surface area (Å²) in [5, 5.41) is 0.717. The van der Waals surface area contributed by atoms with Crippen LogP contribution in [0.3, 0.4) is 0 Å². The number of piperazine rings is 1. The minimum atomic E-state index is -0.991. The monoisotopic (exact) mass is 377 g/mol. The third kappa shape index (κ3) is 3.98. The van der Waals surface area contributed by atoms with Gasteiger partial charge in [-0.15, -0.1) is 0 Å². The Hall–Kier alpha value is -1.75. The molecule has 6 heteroatoms. The van der Waals surface area contributed by atoms with Gasteiger partial charge in [0.2, 0.25) is 11.8 Å². The average molecular weight is 378 g/mol. The van der Waals surface area contributed by atoms with E-state index < -0.39 is 5.41 Å². The summed E-state index contributed by atoms with van der Waals surface area (Å²) in [7, 11) is 0. The molecule has 2 saturated heterocycles. The zero-order valence-corrected chi connectivity index (χ0v) is 16.5. The van der Waals surface area contributed by atoms with Crippen LogP contribution in [0.1, 0.15) is 33.1 Å². The molecule has 1 aromatic carbocycles. The average Bonchev–Trinajstić information content (AvgIpc) is 2.67. The third-order valence-corrected chi connectivity index (χ3v) is 5.69. The zero-order chi connectivity index (χ0) is 18.7. The number of carbonyl (C=O) groups is 2. The lowest BCUT2D eigenvalue weighted by Crippen LogP contribution is -2.56. The molecule has 0 aliphatic carbocycles. The van der Waals surface area contributed by atoms with E-state index in [1.54, 1.807) is 13.8 Å². The van der Waals surface area contributed by atoms with Crippen molar-refractivity contribution >= 4 is 29.1 Å². The van der Waals surface area contributed by atoms with Crippen LogP contribution in [0.4, 0.5) is 5.69 Å². The van der Waals surface area contributed by atoms with Crippen LogP contribution in [0, 0.1) is 5.41 Å². The van der Waals surface area contributed by atoms with E-state index in [1.807, 2.05) is 34.1 Å². The van der Waals surface area contributed by atoms with Gasteiger partial charge in [0, 0.05) is 50.0 Å². The van der Waals surface area contributed by atoms with Gasteiger partial charge >= 0.3 is 0 Å².